The van der Waals surface area contributed by atoms with Crippen LogP contribution in [0.4, 0.5) is 0 Å². The molecule has 0 aliphatic carbocycles. The second-order valence-electron chi connectivity index (χ2n) is 5.99. The highest BCUT2D eigenvalue weighted by Crippen LogP contribution is 2.21. The highest BCUT2D eigenvalue weighted by atomic mass is 35.5. The van der Waals surface area contributed by atoms with E-state index in [9.17, 15) is 0 Å². The lowest BCUT2D eigenvalue weighted by Crippen LogP contribution is -2.32. The molecule has 1 unspecified atom stereocenters. The molecule has 1 N–H and O–H groups in total. The number of halogens is 1. The van der Waals surface area contributed by atoms with Crippen molar-refractivity contribution < 1.29 is 9.26 Å². The molecule has 0 saturated carbocycles. The molecule has 1 aromatic carbocycles. The van der Waals surface area contributed by atoms with E-state index in [1.165, 1.54) is 12.8 Å². The SMILES string of the molecule is COc1ccc(-c2noc(CN(C)C3CCCNCC3)n2)cc1.Cl. The van der Waals surface area contributed by atoms with Crippen LogP contribution in [0.15, 0.2) is 28.8 Å². The van der Waals surface area contributed by atoms with Gasteiger partial charge in [-0.05, 0) is 63.7 Å². The van der Waals surface area contributed by atoms with Crippen LogP contribution in [0.25, 0.3) is 11.4 Å². The first-order chi connectivity index (χ1) is 11.3. The minimum atomic E-state index is 0. The summed E-state index contributed by atoms with van der Waals surface area (Å²) < 4.78 is 10.6. The molecule has 1 saturated heterocycles. The maximum Gasteiger partial charge on any atom is 0.241 e. The van der Waals surface area contributed by atoms with Crippen LogP contribution in [0.1, 0.15) is 25.2 Å². The maximum absolute atomic E-state index is 5.42. The number of nitrogens with zero attached hydrogens (tertiary/aromatic N) is 3. The average molecular weight is 353 g/mol. The van der Waals surface area contributed by atoms with Crippen molar-refractivity contribution in [2.75, 3.05) is 27.2 Å². The van der Waals surface area contributed by atoms with Crippen molar-refractivity contribution in [1.29, 1.82) is 0 Å². The van der Waals surface area contributed by atoms with E-state index in [1.807, 2.05) is 24.3 Å². The molecule has 0 spiro atoms. The molecule has 1 aliphatic rings. The smallest absolute Gasteiger partial charge is 0.241 e. The number of benzene rings is 1. The zero-order valence-corrected chi connectivity index (χ0v) is 15.0. The van der Waals surface area contributed by atoms with Crippen molar-refractivity contribution in [1.82, 2.24) is 20.4 Å². The van der Waals surface area contributed by atoms with Gasteiger partial charge in [-0.2, -0.15) is 4.98 Å². The Kier molecular flexibility index (Phi) is 7.02. The fourth-order valence-electron chi connectivity index (χ4n) is 2.96. The van der Waals surface area contributed by atoms with Gasteiger partial charge in [-0.25, -0.2) is 0 Å². The lowest BCUT2D eigenvalue weighted by atomic mass is 10.1. The molecule has 1 atom stereocenters. The Morgan fingerprint density at radius 2 is 2.04 bits per heavy atom. The largest absolute Gasteiger partial charge is 0.497 e. The summed E-state index contributed by atoms with van der Waals surface area (Å²) in [5.41, 5.74) is 0.933. The lowest BCUT2D eigenvalue weighted by Gasteiger charge is -2.25. The Hall–Kier alpha value is -1.63. The van der Waals surface area contributed by atoms with E-state index < -0.39 is 0 Å². The van der Waals surface area contributed by atoms with Crippen LogP contribution in [0, 0.1) is 0 Å². The predicted octanol–water partition coefficient (Wildman–Crippen LogP) is 2.74. The standard InChI is InChI=1S/C17H24N4O2.ClH/c1-21(14-4-3-10-18-11-9-14)12-16-19-17(20-23-16)13-5-7-15(22-2)8-6-13;/h5-8,14,18H,3-4,9-12H2,1-2H3;1H. The van der Waals surface area contributed by atoms with Crippen LogP contribution < -0.4 is 10.1 Å². The van der Waals surface area contributed by atoms with Gasteiger partial charge in [0.25, 0.3) is 0 Å². The Labute approximate surface area is 149 Å². The Bertz CT molecular complexity index is 609. The molecule has 0 amide bonds. The topological polar surface area (TPSA) is 63.4 Å². The van der Waals surface area contributed by atoms with Crippen LogP contribution in [0.5, 0.6) is 5.75 Å². The maximum atomic E-state index is 5.42. The molecule has 2 heterocycles. The minimum absolute atomic E-state index is 0. The zero-order chi connectivity index (χ0) is 16.1. The molecule has 1 fully saturated rings. The summed E-state index contributed by atoms with van der Waals surface area (Å²) in [4.78, 5) is 6.84. The predicted molar refractivity (Wildman–Crippen MR) is 95.5 cm³/mol. The normalized spacial score (nSPS) is 18.0. The fraction of sp³-hybridized carbons (Fsp3) is 0.529. The molecule has 2 aromatic rings. The molecular formula is C17H25ClN4O2. The fourth-order valence-corrected chi connectivity index (χ4v) is 2.96. The zero-order valence-electron chi connectivity index (χ0n) is 14.2. The summed E-state index contributed by atoms with van der Waals surface area (Å²) in [5.74, 6) is 2.10. The lowest BCUT2D eigenvalue weighted by molar-refractivity contribution is 0.190. The van der Waals surface area contributed by atoms with Crippen molar-refractivity contribution in [3.63, 3.8) is 0 Å². The van der Waals surface area contributed by atoms with Gasteiger partial charge in [0.1, 0.15) is 5.75 Å². The van der Waals surface area contributed by atoms with Crippen molar-refractivity contribution >= 4 is 12.4 Å². The molecule has 0 radical (unpaired) electrons. The van der Waals surface area contributed by atoms with E-state index in [2.05, 4.69) is 27.4 Å². The molecule has 6 nitrogen and oxygen atoms in total. The van der Waals surface area contributed by atoms with Gasteiger partial charge in [-0.15, -0.1) is 12.4 Å². The first kappa shape index (κ1) is 18.7. The number of methoxy groups -OCH3 is 1. The Balaban J connectivity index is 0.00000208. The van der Waals surface area contributed by atoms with Crippen molar-refractivity contribution in [2.45, 2.75) is 31.8 Å². The van der Waals surface area contributed by atoms with E-state index >= 15 is 0 Å². The number of aromatic nitrogens is 2. The van der Waals surface area contributed by atoms with Gasteiger partial charge in [0.15, 0.2) is 0 Å². The summed E-state index contributed by atoms with van der Waals surface area (Å²) in [6.45, 7) is 2.89. The van der Waals surface area contributed by atoms with E-state index in [0.29, 0.717) is 24.3 Å². The number of hydrogen-bond acceptors (Lipinski definition) is 6. The van der Waals surface area contributed by atoms with Gasteiger partial charge < -0.3 is 14.6 Å². The number of rotatable bonds is 5. The molecule has 7 heteroatoms. The van der Waals surface area contributed by atoms with Gasteiger partial charge in [0.2, 0.25) is 11.7 Å². The highest BCUT2D eigenvalue weighted by molar-refractivity contribution is 5.85. The van der Waals surface area contributed by atoms with E-state index in [1.54, 1.807) is 7.11 Å². The minimum Gasteiger partial charge on any atom is -0.497 e. The number of hydrogen-bond donors (Lipinski definition) is 1. The van der Waals surface area contributed by atoms with Crippen LogP contribution >= 0.6 is 12.4 Å². The molecule has 0 bridgehead atoms. The third-order valence-electron chi connectivity index (χ3n) is 4.37. The van der Waals surface area contributed by atoms with E-state index in [-0.39, 0.29) is 12.4 Å². The average Bonchev–Trinajstić information content (AvgIpc) is 2.87. The second kappa shape index (κ2) is 9.01. The number of ether oxygens (including phenoxy) is 1. The molecule has 1 aromatic heterocycles. The van der Waals surface area contributed by atoms with Crippen molar-refractivity contribution in [3.8, 4) is 17.1 Å². The van der Waals surface area contributed by atoms with Gasteiger partial charge >= 0.3 is 0 Å². The first-order valence-electron chi connectivity index (χ1n) is 8.14. The first-order valence-corrected chi connectivity index (χ1v) is 8.14. The second-order valence-corrected chi connectivity index (χ2v) is 5.99. The van der Waals surface area contributed by atoms with Crippen molar-refractivity contribution in [2.24, 2.45) is 0 Å². The van der Waals surface area contributed by atoms with Crippen LogP contribution in [0.3, 0.4) is 0 Å². The van der Waals surface area contributed by atoms with Crippen LogP contribution in [-0.2, 0) is 6.54 Å². The van der Waals surface area contributed by atoms with E-state index in [4.69, 9.17) is 9.26 Å². The Morgan fingerprint density at radius 3 is 2.79 bits per heavy atom. The third kappa shape index (κ3) is 4.69. The molecule has 132 valence electrons. The van der Waals surface area contributed by atoms with Crippen LogP contribution in [-0.4, -0.2) is 48.3 Å². The van der Waals surface area contributed by atoms with Crippen LogP contribution in [0.2, 0.25) is 0 Å². The molecular weight excluding hydrogens is 328 g/mol. The Morgan fingerprint density at radius 1 is 1.25 bits per heavy atom. The summed E-state index contributed by atoms with van der Waals surface area (Å²) in [6.07, 6.45) is 3.59. The van der Waals surface area contributed by atoms with Gasteiger partial charge in [-0.3, -0.25) is 4.90 Å². The third-order valence-corrected chi connectivity index (χ3v) is 4.37. The van der Waals surface area contributed by atoms with E-state index in [0.717, 1.165) is 30.8 Å². The summed E-state index contributed by atoms with van der Waals surface area (Å²) in [6, 6.07) is 8.25. The summed E-state index contributed by atoms with van der Waals surface area (Å²) >= 11 is 0. The summed E-state index contributed by atoms with van der Waals surface area (Å²) in [7, 11) is 3.79. The molecule has 3 rings (SSSR count). The van der Waals surface area contributed by atoms with Gasteiger partial charge in [0, 0.05) is 11.6 Å². The van der Waals surface area contributed by atoms with Crippen molar-refractivity contribution in [3.05, 3.63) is 30.2 Å². The van der Waals surface area contributed by atoms with Gasteiger partial charge in [0.05, 0.1) is 13.7 Å². The monoisotopic (exact) mass is 352 g/mol. The summed E-state index contributed by atoms with van der Waals surface area (Å²) in [5, 5.41) is 7.54. The number of nitrogens with one attached hydrogen (secondary N) is 1. The van der Waals surface area contributed by atoms with Gasteiger partial charge in [-0.1, -0.05) is 5.16 Å². The quantitative estimate of drug-likeness (QED) is 0.892. The highest BCUT2D eigenvalue weighted by Gasteiger charge is 2.19. The molecule has 24 heavy (non-hydrogen) atoms. The molecule has 1 aliphatic heterocycles.